The molecule has 100 valence electrons. The highest BCUT2D eigenvalue weighted by atomic mass is 35.5. The minimum absolute atomic E-state index is 0.0735. The smallest absolute Gasteiger partial charge is 0.254 e. The molecule has 1 aromatic rings. The van der Waals surface area contributed by atoms with E-state index < -0.39 is 0 Å². The Morgan fingerprint density at radius 1 is 1.33 bits per heavy atom. The lowest BCUT2D eigenvalue weighted by Crippen LogP contribution is -2.38. The van der Waals surface area contributed by atoms with E-state index in [1.54, 1.807) is 17.0 Å². The molecule has 1 amide bonds. The van der Waals surface area contributed by atoms with Crippen LogP contribution >= 0.6 is 23.2 Å². The highest BCUT2D eigenvalue weighted by molar-refractivity contribution is 6.39. The fourth-order valence-corrected chi connectivity index (χ4v) is 2.24. The van der Waals surface area contributed by atoms with Crippen LogP contribution in [0.5, 0.6) is 0 Å². The summed E-state index contributed by atoms with van der Waals surface area (Å²) in [6.07, 6.45) is 0.899. The monoisotopic (exact) mass is 288 g/mol. The van der Waals surface area contributed by atoms with Gasteiger partial charge in [0.25, 0.3) is 5.91 Å². The van der Waals surface area contributed by atoms with E-state index in [4.69, 9.17) is 28.9 Å². The molecule has 1 atom stereocenters. The predicted molar refractivity (Wildman–Crippen MR) is 77.3 cm³/mol. The van der Waals surface area contributed by atoms with E-state index in [9.17, 15) is 4.79 Å². The number of nitrogen functional groups attached to an aromatic ring is 1. The van der Waals surface area contributed by atoms with E-state index >= 15 is 0 Å². The zero-order chi connectivity index (χ0) is 13.9. The molecule has 2 N–H and O–H groups in total. The fourth-order valence-electron chi connectivity index (χ4n) is 1.75. The van der Waals surface area contributed by atoms with Gasteiger partial charge in [0.1, 0.15) is 0 Å². The van der Waals surface area contributed by atoms with E-state index in [0.29, 0.717) is 27.8 Å². The third kappa shape index (κ3) is 3.09. The molecule has 1 unspecified atom stereocenters. The Kier molecular flexibility index (Phi) is 5.29. The second-order valence-corrected chi connectivity index (χ2v) is 5.02. The molecule has 0 aliphatic rings. The number of benzene rings is 1. The number of hydrogen-bond donors (Lipinski definition) is 1. The van der Waals surface area contributed by atoms with Crippen LogP contribution in [-0.2, 0) is 0 Å². The highest BCUT2D eigenvalue weighted by Gasteiger charge is 2.20. The molecule has 0 radical (unpaired) electrons. The van der Waals surface area contributed by atoms with Gasteiger partial charge in [0, 0.05) is 18.2 Å². The van der Waals surface area contributed by atoms with Crippen LogP contribution in [-0.4, -0.2) is 23.4 Å². The van der Waals surface area contributed by atoms with Gasteiger partial charge in [-0.1, -0.05) is 30.1 Å². The van der Waals surface area contributed by atoms with Crippen LogP contribution in [0.3, 0.4) is 0 Å². The fraction of sp³-hybridized carbons (Fsp3) is 0.462. The summed E-state index contributed by atoms with van der Waals surface area (Å²) in [6, 6.07) is 3.31. The SMILES string of the molecule is CCC(C)N(CC)C(=O)c1cc(Cl)c(N)c(Cl)c1. The summed E-state index contributed by atoms with van der Waals surface area (Å²) in [5.41, 5.74) is 6.44. The molecule has 0 spiro atoms. The lowest BCUT2D eigenvalue weighted by atomic mass is 10.1. The Morgan fingerprint density at radius 2 is 1.83 bits per heavy atom. The zero-order valence-electron chi connectivity index (χ0n) is 10.8. The van der Waals surface area contributed by atoms with Gasteiger partial charge < -0.3 is 10.6 Å². The van der Waals surface area contributed by atoms with Crippen LogP contribution in [0.2, 0.25) is 10.0 Å². The van der Waals surface area contributed by atoms with Crippen LogP contribution < -0.4 is 5.73 Å². The summed E-state index contributed by atoms with van der Waals surface area (Å²) in [7, 11) is 0. The Morgan fingerprint density at radius 3 is 2.22 bits per heavy atom. The number of rotatable bonds is 4. The standard InChI is InChI=1S/C13H18Cl2N2O/c1-4-8(3)17(5-2)13(18)9-6-10(14)12(16)11(15)7-9/h6-8H,4-5,16H2,1-3H3. The van der Waals surface area contributed by atoms with E-state index in [2.05, 4.69) is 0 Å². The van der Waals surface area contributed by atoms with Crippen molar-refractivity contribution in [3.8, 4) is 0 Å². The molecule has 5 heteroatoms. The molecule has 0 aromatic heterocycles. The zero-order valence-corrected chi connectivity index (χ0v) is 12.3. The Labute approximate surface area is 118 Å². The van der Waals surface area contributed by atoms with Gasteiger partial charge in [0.15, 0.2) is 0 Å². The van der Waals surface area contributed by atoms with Gasteiger partial charge in [0.05, 0.1) is 15.7 Å². The first-order valence-corrected chi connectivity index (χ1v) is 6.73. The first kappa shape index (κ1) is 15.1. The molecule has 0 aliphatic heterocycles. The van der Waals surface area contributed by atoms with Crippen LogP contribution in [0, 0.1) is 0 Å². The summed E-state index contributed by atoms with van der Waals surface area (Å²) < 4.78 is 0. The van der Waals surface area contributed by atoms with Crippen LogP contribution in [0.25, 0.3) is 0 Å². The second-order valence-electron chi connectivity index (χ2n) is 4.20. The van der Waals surface area contributed by atoms with Gasteiger partial charge in [-0.05, 0) is 32.4 Å². The van der Waals surface area contributed by atoms with Crippen molar-refractivity contribution in [2.75, 3.05) is 12.3 Å². The summed E-state index contributed by atoms with van der Waals surface area (Å²) in [4.78, 5) is 14.1. The van der Waals surface area contributed by atoms with E-state index in [1.807, 2.05) is 20.8 Å². The number of anilines is 1. The van der Waals surface area contributed by atoms with Gasteiger partial charge in [-0.3, -0.25) is 4.79 Å². The number of halogens is 2. The van der Waals surface area contributed by atoms with Crippen molar-refractivity contribution in [2.24, 2.45) is 0 Å². The van der Waals surface area contributed by atoms with Crippen LogP contribution in [0.1, 0.15) is 37.6 Å². The highest BCUT2D eigenvalue weighted by Crippen LogP contribution is 2.29. The Balaban J connectivity index is 3.10. The van der Waals surface area contributed by atoms with Crippen molar-refractivity contribution in [1.82, 2.24) is 4.90 Å². The summed E-state index contributed by atoms with van der Waals surface area (Å²) in [6.45, 7) is 6.66. The summed E-state index contributed by atoms with van der Waals surface area (Å²) in [5.74, 6) is -0.0735. The molecular formula is C13H18Cl2N2O. The van der Waals surface area contributed by atoms with E-state index in [1.165, 1.54) is 0 Å². The van der Waals surface area contributed by atoms with Gasteiger partial charge in [-0.15, -0.1) is 0 Å². The van der Waals surface area contributed by atoms with Gasteiger partial charge in [-0.25, -0.2) is 0 Å². The lowest BCUT2D eigenvalue weighted by molar-refractivity contribution is 0.0700. The molecule has 0 bridgehead atoms. The number of carbonyl (C=O) groups is 1. The van der Waals surface area contributed by atoms with Gasteiger partial charge >= 0.3 is 0 Å². The first-order chi connectivity index (χ1) is 8.42. The molecule has 1 aromatic carbocycles. The molecule has 0 saturated heterocycles. The van der Waals surface area contributed by atoms with E-state index in [0.717, 1.165) is 6.42 Å². The molecule has 1 rings (SSSR count). The number of amides is 1. The molecule has 18 heavy (non-hydrogen) atoms. The van der Waals surface area contributed by atoms with Crippen molar-refractivity contribution in [2.45, 2.75) is 33.2 Å². The molecule has 0 aliphatic carbocycles. The van der Waals surface area contributed by atoms with Crippen molar-refractivity contribution in [3.05, 3.63) is 27.7 Å². The van der Waals surface area contributed by atoms with E-state index in [-0.39, 0.29) is 11.9 Å². The average molecular weight is 289 g/mol. The third-order valence-electron chi connectivity index (χ3n) is 3.05. The first-order valence-electron chi connectivity index (χ1n) is 5.97. The molecule has 0 fully saturated rings. The molecule has 0 heterocycles. The number of nitrogens with two attached hydrogens (primary N) is 1. The lowest BCUT2D eigenvalue weighted by Gasteiger charge is -2.27. The molecular weight excluding hydrogens is 271 g/mol. The third-order valence-corrected chi connectivity index (χ3v) is 3.68. The number of hydrogen-bond acceptors (Lipinski definition) is 2. The number of nitrogens with zero attached hydrogens (tertiary/aromatic N) is 1. The number of carbonyl (C=O) groups excluding carboxylic acids is 1. The normalized spacial score (nSPS) is 12.3. The minimum atomic E-state index is -0.0735. The Hall–Kier alpha value is -0.930. The average Bonchev–Trinajstić information content (AvgIpc) is 2.35. The van der Waals surface area contributed by atoms with Crippen LogP contribution in [0.15, 0.2) is 12.1 Å². The summed E-state index contributed by atoms with van der Waals surface area (Å²) >= 11 is 11.9. The van der Waals surface area contributed by atoms with Crippen molar-refractivity contribution >= 4 is 34.8 Å². The molecule has 0 saturated carbocycles. The second kappa shape index (κ2) is 6.30. The summed E-state index contributed by atoms with van der Waals surface area (Å²) in [5, 5.41) is 0.622. The van der Waals surface area contributed by atoms with Crippen molar-refractivity contribution in [1.29, 1.82) is 0 Å². The maximum absolute atomic E-state index is 12.4. The van der Waals surface area contributed by atoms with Gasteiger partial charge in [0.2, 0.25) is 0 Å². The minimum Gasteiger partial charge on any atom is -0.396 e. The van der Waals surface area contributed by atoms with Crippen molar-refractivity contribution < 1.29 is 4.79 Å². The maximum Gasteiger partial charge on any atom is 0.254 e. The van der Waals surface area contributed by atoms with Gasteiger partial charge in [-0.2, -0.15) is 0 Å². The molecule has 3 nitrogen and oxygen atoms in total. The van der Waals surface area contributed by atoms with Crippen LogP contribution in [0.4, 0.5) is 5.69 Å². The van der Waals surface area contributed by atoms with Crippen molar-refractivity contribution in [3.63, 3.8) is 0 Å². The predicted octanol–water partition coefficient (Wildman–Crippen LogP) is 3.84. The Bertz CT molecular complexity index is 426. The maximum atomic E-state index is 12.4. The quantitative estimate of drug-likeness (QED) is 0.856. The largest absolute Gasteiger partial charge is 0.396 e. The topological polar surface area (TPSA) is 46.3 Å².